The smallest absolute Gasteiger partial charge is 0.272 e. The largest absolute Gasteiger partial charge is 0.349 e. The van der Waals surface area contributed by atoms with Crippen LogP contribution in [0.15, 0.2) is 0 Å². The first kappa shape index (κ1) is 16.9. The first-order valence-corrected chi connectivity index (χ1v) is 6.85. The summed E-state index contributed by atoms with van der Waals surface area (Å²) < 4.78 is 0. The molecule has 2 heterocycles. The van der Waals surface area contributed by atoms with E-state index in [0.29, 0.717) is 18.3 Å². The van der Waals surface area contributed by atoms with Gasteiger partial charge < -0.3 is 15.5 Å². The second kappa shape index (κ2) is 7.61. The Morgan fingerprint density at radius 3 is 2.95 bits per heavy atom. The number of carbonyl (C=O) groups is 1. The predicted octanol–water partition coefficient (Wildman–Crippen LogP) is 0.547. The van der Waals surface area contributed by atoms with Crippen molar-refractivity contribution >= 4 is 18.3 Å². The Kier molecular flexibility index (Phi) is 6.45. The molecule has 0 bridgehead atoms. The molecule has 0 saturated carbocycles. The highest BCUT2D eigenvalue weighted by atomic mass is 35.5. The summed E-state index contributed by atoms with van der Waals surface area (Å²) in [6, 6.07) is 0.485. The molecular formula is C13H24ClN5O. The molecule has 1 aromatic heterocycles. The van der Waals surface area contributed by atoms with Crippen LogP contribution >= 0.6 is 12.4 Å². The standard InChI is InChI=1S/C13H23N5O.ClH/c1-9(2)18(3)7-6-15-13(19)12-10-8-14-5-4-11(10)16-17-12;/h9,14H,4-8H2,1-3H3,(H,15,19)(H,16,17);1H. The summed E-state index contributed by atoms with van der Waals surface area (Å²) in [7, 11) is 2.05. The highest BCUT2D eigenvalue weighted by Gasteiger charge is 2.21. The molecule has 0 fully saturated rings. The number of amides is 1. The second-order valence-electron chi connectivity index (χ2n) is 5.29. The van der Waals surface area contributed by atoms with Crippen LogP contribution in [0.4, 0.5) is 0 Å². The number of nitrogens with one attached hydrogen (secondary N) is 3. The maximum absolute atomic E-state index is 12.1. The van der Waals surface area contributed by atoms with Gasteiger partial charge in [-0.25, -0.2) is 0 Å². The van der Waals surface area contributed by atoms with E-state index in [9.17, 15) is 4.79 Å². The van der Waals surface area contributed by atoms with Gasteiger partial charge in [-0.3, -0.25) is 9.89 Å². The Labute approximate surface area is 126 Å². The molecule has 114 valence electrons. The number of nitrogens with zero attached hydrogens (tertiary/aromatic N) is 2. The van der Waals surface area contributed by atoms with Gasteiger partial charge in [-0.05, 0) is 20.9 Å². The Morgan fingerprint density at radius 1 is 1.50 bits per heavy atom. The molecule has 0 spiro atoms. The second-order valence-corrected chi connectivity index (χ2v) is 5.29. The molecule has 2 rings (SSSR count). The number of fused-ring (bicyclic) bond motifs is 1. The van der Waals surface area contributed by atoms with E-state index in [0.717, 1.165) is 37.3 Å². The van der Waals surface area contributed by atoms with Crippen molar-refractivity contribution in [2.45, 2.75) is 32.9 Å². The van der Waals surface area contributed by atoms with Gasteiger partial charge in [0, 0.05) is 49.9 Å². The lowest BCUT2D eigenvalue weighted by atomic mass is 10.1. The zero-order valence-corrected chi connectivity index (χ0v) is 13.1. The summed E-state index contributed by atoms with van der Waals surface area (Å²) in [4.78, 5) is 14.3. The summed E-state index contributed by atoms with van der Waals surface area (Å²) in [5.41, 5.74) is 2.64. The van der Waals surface area contributed by atoms with Gasteiger partial charge in [0.1, 0.15) is 0 Å². The summed E-state index contributed by atoms with van der Waals surface area (Å²) in [5, 5.41) is 13.3. The minimum atomic E-state index is -0.0849. The van der Waals surface area contributed by atoms with Crippen LogP contribution in [-0.2, 0) is 13.0 Å². The lowest BCUT2D eigenvalue weighted by molar-refractivity contribution is 0.0942. The number of halogens is 1. The maximum atomic E-state index is 12.1. The molecule has 0 saturated heterocycles. The molecule has 7 heteroatoms. The Hall–Kier alpha value is -1.11. The minimum Gasteiger partial charge on any atom is -0.349 e. The third-order valence-electron chi connectivity index (χ3n) is 3.65. The number of likely N-dealkylation sites (N-methyl/N-ethyl adjacent to an activating group) is 1. The Morgan fingerprint density at radius 2 is 2.25 bits per heavy atom. The molecule has 0 aromatic carbocycles. The summed E-state index contributed by atoms with van der Waals surface area (Å²) in [5.74, 6) is -0.0849. The van der Waals surface area contributed by atoms with Crippen LogP contribution in [0.3, 0.4) is 0 Å². The van der Waals surface area contributed by atoms with E-state index in [1.807, 2.05) is 0 Å². The van der Waals surface area contributed by atoms with Crippen LogP contribution in [0.25, 0.3) is 0 Å². The third kappa shape index (κ3) is 3.94. The third-order valence-corrected chi connectivity index (χ3v) is 3.65. The lowest BCUT2D eigenvalue weighted by Crippen LogP contribution is -2.36. The number of rotatable bonds is 5. The number of hydrogen-bond donors (Lipinski definition) is 3. The van der Waals surface area contributed by atoms with Gasteiger partial charge >= 0.3 is 0 Å². The fraction of sp³-hybridized carbons (Fsp3) is 0.692. The topological polar surface area (TPSA) is 73.0 Å². The zero-order valence-electron chi connectivity index (χ0n) is 12.3. The molecule has 3 N–H and O–H groups in total. The molecule has 1 amide bonds. The van der Waals surface area contributed by atoms with Gasteiger partial charge in [-0.2, -0.15) is 5.10 Å². The molecule has 0 radical (unpaired) electrons. The average molecular weight is 302 g/mol. The van der Waals surface area contributed by atoms with Crippen LogP contribution in [0.1, 0.15) is 35.6 Å². The van der Waals surface area contributed by atoms with Crippen molar-refractivity contribution in [3.8, 4) is 0 Å². The molecular weight excluding hydrogens is 278 g/mol. The number of H-pyrrole nitrogens is 1. The van der Waals surface area contributed by atoms with E-state index < -0.39 is 0 Å². The van der Waals surface area contributed by atoms with E-state index in [1.165, 1.54) is 0 Å². The number of aromatic nitrogens is 2. The molecule has 1 aliphatic rings. The van der Waals surface area contributed by atoms with Crippen LogP contribution in [0, 0.1) is 0 Å². The van der Waals surface area contributed by atoms with E-state index in [-0.39, 0.29) is 18.3 Å². The fourth-order valence-corrected chi connectivity index (χ4v) is 2.10. The van der Waals surface area contributed by atoms with Crippen molar-refractivity contribution in [3.63, 3.8) is 0 Å². The zero-order chi connectivity index (χ0) is 13.8. The van der Waals surface area contributed by atoms with Crippen molar-refractivity contribution < 1.29 is 4.79 Å². The van der Waals surface area contributed by atoms with Crippen LogP contribution in [0.5, 0.6) is 0 Å². The van der Waals surface area contributed by atoms with Gasteiger partial charge in [0.2, 0.25) is 0 Å². The maximum Gasteiger partial charge on any atom is 0.272 e. The Bertz CT molecular complexity index is 446. The summed E-state index contributed by atoms with van der Waals surface area (Å²) in [6.45, 7) is 7.42. The summed E-state index contributed by atoms with van der Waals surface area (Å²) >= 11 is 0. The van der Waals surface area contributed by atoms with Crippen molar-refractivity contribution in [1.29, 1.82) is 0 Å². The quantitative estimate of drug-likeness (QED) is 0.742. The normalized spacial score (nSPS) is 14.1. The summed E-state index contributed by atoms with van der Waals surface area (Å²) in [6.07, 6.45) is 0.908. The lowest BCUT2D eigenvalue weighted by Gasteiger charge is -2.20. The van der Waals surface area contributed by atoms with Crippen LogP contribution in [-0.4, -0.2) is 53.7 Å². The van der Waals surface area contributed by atoms with Gasteiger partial charge in [-0.15, -0.1) is 12.4 Å². The van der Waals surface area contributed by atoms with Gasteiger partial charge in [0.15, 0.2) is 5.69 Å². The Balaban J connectivity index is 0.00000200. The first-order chi connectivity index (χ1) is 9.09. The first-order valence-electron chi connectivity index (χ1n) is 6.85. The van der Waals surface area contributed by atoms with Crippen molar-refractivity contribution in [3.05, 3.63) is 17.0 Å². The average Bonchev–Trinajstić information content (AvgIpc) is 2.82. The highest BCUT2D eigenvalue weighted by molar-refractivity contribution is 5.94. The van der Waals surface area contributed by atoms with Gasteiger partial charge in [0.05, 0.1) is 0 Å². The minimum absolute atomic E-state index is 0. The highest BCUT2D eigenvalue weighted by Crippen LogP contribution is 2.14. The molecule has 0 aliphatic carbocycles. The van der Waals surface area contributed by atoms with E-state index >= 15 is 0 Å². The number of hydrogen-bond acceptors (Lipinski definition) is 4. The van der Waals surface area contributed by atoms with Crippen molar-refractivity contribution in [2.24, 2.45) is 0 Å². The number of carbonyl (C=O) groups excluding carboxylic acids is 1. The molecule has 1 aliphatic heterocycles. The van der Waals surface area contributed by atoms with Crippen LogP contribution < -0.4 is 10.6 Å². The van der Waals surface area contributed by atoms with Gasteiger partial charge in [0.25, 0.3) is 5.91 Å². The fourth-order valence-electron chi connectivity index (χ4n) is 2.10. The van der Waals surface area contributed by atoms with Crippen molar-refractivity contribution in [1.82, 2.24) is 25.7 Å². The predicted molar refractivity (Wildman–Crippen MR) is 81.3 cm³/mol. The number of aromatic amines is 1. The monoisotopic (exact) mass is 301 g/mol. The van der Waals surface area contributed by atoms with Crippen molar-refractivity contribution in [2.75, 3.05) is 26.7 Å². The van der Waals surface area contributed by atoms with E-state index in [1.54, 1.807) is 0 Å². The molecule has 0 unspecified atom stereocenters. The van der Waals surface area contributed by atoms with Crippen LogP contribution in [0.2, 0.25) is 0 Å². The molecule has 1 aromatic rings. The molecule has 20 heavy (non-hydrogen) atoms. The molecule has 0 atom stereocenters. The molecule has 6 nitrogen and oxygen atoms in total. The SMILES string of the molecule is CC(C)N(C)CCNC(=O)c1n[nH]c2c1CNCC2.Cl. The van der Waals surface area contributed by atoms with E-state index in [2.05, 4.69) is 46.6 Å². The van der Waals surface area contributed by atoms with E-state index in [4.69, 9.17) is 0 Å². The van der Waals surface area contributed by atoms with Gasteiger partial charge in [-0.1, -0.05) is 0 Å².